The number of aryl methyl sites for hydroxylation is 1. The van der Waals surface area contributed by atoms with Crippen molar-refractivity contribution < 1.29 is 27.1 Å². The Morgan fingerprint density at radius 2 is 2.00 bits per heavy atom. The number of halogens is 2. The van der Waals surface area contributed by atoms with Crippen LogP contribution in [-0.2, 0) is 10.0 Å². The predicted octanol–water partition coefficient (Wildman–Crippen LogP) is 2.99. The minimum atomic E-state index is -4.11. The molecular formula is C12H9BrFNO5S. The lowest BCUT2D eigenvalue weighted by Crippen LogP contribution is -2.13. The van der Waals surface area contributed by atoms with Crippen molar-refractivity contribution in [1.29, 1.82) is 0 Å². The molecule has 6 nitrogen and oxygen atoms in total. The zero-order chi connectivity index (χ0) is 15.8. The smallest absolute Gasteiger partial charge is 0.371 e. The summed E-state index contributed by atoms with van der Waals surface area (Å²) >= 11 is 2.84. The summed E-state index contributed by atoms with van der Waals surface area (Å²) in [7, 11) is -4.11. The second-order valence-electron chi connectivity index (χ2n) is 4.18. The normalized spacial score (nSPS) is 11.4. The molecule has 0 aliphatic carbocycles. The Morgan fingerprint density at radius 1 is 1.33 bits per heavy atom. The quantitative estimate of drug-likeness (QED) is 0.853. The Labute approximate surface area is 127 Å². The third-order valence-electron chi connectivity index (χ3n) is 2.45. The van der Waals surface area contributed by atoms with Gasteiger partial charge in [0.1, 0.15) is 10.7 Å². The molecule has 0 atom stereocenters. The number of furan rings is 1. The summed E-state index contributed by atoms with van der Waals surface area (Å²) in [5, 5.41) is 8.77. The molecule has 2 aromatic rings. The maximum atomic E-state index is 13.3. The molecule has 2 N–H and O–H groups in total. The van der Waals surface area contributed by atoms with Gasteiger partial charge in [-0.3, -0.25) is 4.72 Å². The number of hydrogen-bond acceptors (Lipinski definition) is 4. The Kier molecular flexibility index (Phi) is 4.06. The highest BCUT2D eigenvalue weighted by Gasteiger charge is 2.25. The van der Waals surface area contributed by atoms with Gasteiger partial charge in [0.2, 0.25) is 5.76 Å². The molecular weight excluding hydrogens is 369 g/mol. The van der Waals surface area contributed by atoms with E-state index in [4.69, 9.17) is 9.52 Å². The van der Waals surface area contributed by atoms with Crippen LogP contribution in [0, 0.1) is 12.7 Å². The number of aromatic carboxylic acids is 1. The monoisotopic (exact) mass is 377 g/mol. The average Bonchev–Trinajstić information content (AvgIpc) is 2.70. The van der Waals surface area contributed by atoms with Crippen molar-refractivity contribution in [3.8, 4) is 0 Å². The summed E-state index contributed by atoms with van der Waals surface area (Å²) in [5.74, 6) is -2.53. The second kappa shape index (κ2) is 5.49. The SMILES string of the molecule is Cc1cc(F)cc(NS(=O)(=O)c2cc(C(=O)O)oc2Br)c1. The van der Waals surface area contributed by atoms with Crippen molar-refractivity contribution in [3.63, 3.8) is 0 Å². The Morgan fingerprint density at radius 3 is 2.52 bits per heavy atom. The largest absolute Gasteiger partial charge is 0.475 e. The predicted molar refractivity (Wildman–Crippen MR) is 75.3 cm³/mol. The molecule has 9 heteroatoms. The number of carbonyl (C=O) groups is 1. The van der Waals surface area contributed by atoms with E-state index in [1.807, 2.05) is 0 Å². The molecule has 0 fully saturated rings. The fourth-order valence-corrected chi connectivity index (χ4v) is 3.63. The van der Waals surface area contributed by atoms with E-state index in [1.165, 1.54) is 12.1 Å². The summed E-state index contributed by atoms with van der Waals surface area (Å²) in [6, 6.07) is 4.55. The van der Waals surface area contributed by atoms with Crippen molar-refractivity contribution in [2.24, 2.45) is 0 Å². The van der Waals surface area contributed by atoms with E-state index in [-0.39, 0.29) is 15.3 Å². The molecule has 0 amide bonds. The van der Waals surface area contributed by atoms with E-state index in [0.717, 1.165) is 12.1 Å². The Bertz CT molecular complexity index is 795. The third kappa shape index (κ3) is 3.42. The van der Waals surface area contributed by atoms with E-state index in [0.29, 0.717) is 5.56 Å². The number of benzene rings is 1. The molecule has 0 saturated heterocycles. The van der Waals surface area contributed by atoms with E-state index in [2.05, 4.69) is 20.7 Å². The van der Waals surface area contributed by atoms with Crippen LogP contribution in [0.3, 0.4) is 0 Å². The number of anilines is 1. The summed E-state index contributed by atoms with van der Waals surface area (Å²) in [6.07, 6.45) is 0. The number of nitrogens with one attached hydrogen (secondary N) is 1. The highest BCUT2D eigenvalue weighted by Crippen LogP contribution is 2.28. The average molecular weight is 378 g/mol. The third-order valence-corrected chi connectivity index (χ3v) is 4.69. The number of carboxylic acid groups (broad SMARTS) is 1. The van der Waals surface area contributed by atoms with Crippen molar-refractivity contribution in [1.82, 2.24) is 0 Å². The molecule has 0 saturated carbocycles. The van der Waals surface area contributed by atoms with Gasteiger partial charge in [0.05, 0.1) is 5.69 Å². The van der Waals surface area contributed by atoms with Gasteiger partial charge in [0, 0.05) is 6.07 Å². The number of sulfonamides is 1. The molecule has 1 aromatic carbocycles. The minimum Gasteiger partial charge on any atom is -0.475 e. The fraction of sp³-hybridized carbons (Fsp3) is 0.0833. The van der Waals surface area contributed by atoms with Crippen LogP contribution in [0.4, 0.5) is 10.1 Å². The van der Waals surface area contributed by atoms with Gasteiger partial charge in [-0.25, -0.2) is 17.6 Å². The molecule has 0 radical (unpaired) electrons. The van der Waals surface area contributed by atoms with Gasteiger partial charge in [0.25, 0.3) is 10.0 Å². The van der Waals surface area contributed by atoms with Gasteiger partial charge in [-0.2, -0.15) is 0 Å². The van der Waals surface area contributed by atoms with Crippen LogP contribution in [0.5, 0.6) is 0 Å². The maximum Gasteiger partial charge on any atom is 0.371 e. The van der Waals surface area contributed by atoms with Crippen molar-refractivity contribution in [3.05, 3.63) is 46.1 Å². The number of carboxylic acids is 1. The first-order valence-corrected chi connectivity index (χ1v) is 7.79. The Hall–Kier alpha value is -1.87. The van der Waals surface area contributed by atoms with Crippen molar-refractivity contribution in [2.75, 3.05) is 4.72 Å². The number of rotatable bonds is 4. The molecule has 1 heterocycles. The first kappa shape index (κ1) is 15.5. The zero-order valence-electron chi connectivity index (χ0n) is 10.6. The maximum absolute atomic E-state index is 13.3. The number of hydrogen-bond donors (Lipinski definition) is 2. The summed E-state index contributed by atoms with van der Waals surface area (Å²) in [6.45, 7) is 1.61. The lowest BCUT2D eigenvalue weighted by atomic mass is 10.2. The van der Waals surface area contributed by atoms with Gasteiger partial charge >= 0.3 is 5.97 Å². The van der Waals surface area contributed by atoms with Crippen LogP contribution in [0.15, 0.2) is 38.2 Å². The van der Waals surface area contributed by atoms with Crippen LogP contribution in [-0.4, -0.2) is 19.5 Å². The van der Waals surface area contributed by atoms with Gasteiger partial charge in [-0.05, 0) is 46.6 Å². The first-order chi connectivity index (χ1) is 9.69. The van der Waals surface area contributed by atoms with Gasteiger partial charge in [0.15, 0.2) is 4.67 Å². The van der Waals surface area contributed by atoms with Crippen LogP contribution >= 0.6 is 15.9 Å². The topological polar surface area (TPSA) is 96.6 Å². The van der Waals surface area contributed by atoms with Crippen LogP contribution < -0.4 is 4.72 Å². The van der Waals surface area contributed by atoms with E-state index < -0.39 is 27.6 Å². The molecule has 0 aliphatic rings. The molecule has 21 heavy (non-hydrogen) atoms. The molecule has 1 aromatic heterocycles. The molecule has 0 aliphatic heterocycles. The molecule has 0 spiro atoms. The van der Waals surface area contributed by atoms with Gasteiger partial charge < -0.3 is 9.52 Å². The highest BCUT2D eigenvalue weighted by molar-refractivity contribution is 9.10. The van der Waals surface area contributed by atoms with Gasteiger partial charge in [-0.1, -0.05) is 0 Å². The summed E-state index contributed by atoms with van der Waals surface area (Å²) in [4.78, 5) is 10.4. The van der Waals surface area contributed by atoms with Crippen molar-refractivity contribution >= 4 is 37.6 Å². The minimum absolute atomic E-state index is 0.0254. The van der Waals surface area contributed by atoms with Crippen LogP contribution in [0.25, 0.3) is 0 Å². The Balaban J connectivity index is 2.40. The van der Waals surface area contributed by atoms with Crippen LogP contribution in [0.1, 0.15) is 16.1 Å². The molecule has 0 unspecified atom stereocenters. The molecule has 2 rings (SSSR count). The fourth-order valence-electron chi connectivity index (χ4n) is 1.65. The van der Waals surface area contributed by atoms with Crippen LogP contribution in [0.2, 0.25) is 0 Å². The molecule has 0 bridgehead atoms. The lowest BCUT2D eigenvalue weighted by Gasteiger charge is -2.07. The first-order valence-electron chi connectivity index (χ1n) is 5.51. The zero-order valence-corrected chi connectivity index (χ0v) is 13.0. The van der Waals surface area contributed by atoms with Gasteiger partial charge in [-0.15, -0.1) is 0 Å². The summed E-state index contributed by atoms with van der Waals surface area (Å²) in [5.41, 5.74) is 0.558. The second-order valence-corrected chi connectivity index (χ2v) is 6.55. The molecule has 112 valence electrons. The lowest BCUT2D eigenvalue weighted by molar-refractivity contribution is 0.0661. The van der Waals surface area contributed by atoms with Crippen molar-refractivity contribution in [2.45, 2.75) is 11.8 Å². The van der Waals surface area contributed by atoms with E-state index >= 15 is 0 Å². The summed E-state index contributed by atoms with van der Waals surface area (Å²) < 4.78 is 44.3. The van der Waals surface area contributed by atoms with E-state index in [1.54, 1.807) is 6.92 Å². The standard InChI is InChI=1S/C12H9BrFNO5S/c1-6-2-7(14)4-8(3-6)15-21(18,19)10-5-9(12(16)17)20-11(10)13/h2-5,15H,1H3,(H,16,17). The van der Waals surface area contributed by atoms with E-state index in [9.17, 15) is 17.6 Å². The highest BCUT2D eigenvalue weighted by atomic mass is 79.9.